The minimum absolute atomic E-state index is 0.103. The van der Waals surface area contributed by atoms with Gasteiger partial charge in [-0.2, -0.15) is 5.10 Å². The van der Waals surface area contributed by atoms with Crippen LogP contribution in [0.15, 0.2) is 29.1 Å². The molecule has 5 nitrogen and oxygen atoms in total. The van der Waals surface area contributed by atoms with Crippen molar-refractivity contribution in [3.63, 3.8) is 0 Å². The van der Waals surface area contributed by atoms with Gasteiger partial charge in [-0.1, -0.05) is 38.1 Å². The van der Waals surface area contributed by atoms with Crippen molar-refractivity contribution < 1.29 is 4.79 Å². The highest BCUT2D eigenvalue weighted by Gasteiger charge is 2.31. The molecule has 0 saturated carbocycles. The molecule has 5 heteroatoms. The highest BCUT2D eigenvalue weighted by molar-refractivity contribution is 5.95. The van der Waals surface area contributed by atoms with Crippen LogP contribution in [0.1, 0.15) is 65.5 Å². The number of nitrogens with one attached hydrogen (secondary N) is 2. The lowest BCUT2D eigenvalue weighted by atomic mass is 9.83. The number of fused-ring (bicyclic) bond motifs is 1. The maximum Gasteiger partial charge on any atom is 0.277 e. The molecule has 1 amide bonds. The summed E-state index contributed by atoms with van der Waals surface area (Å²) in [6.45, 7) is 8.00. The smallest absolute Gasteiger partial charge is 0.277 e. The van der Waals surface area contributed by atoms with Gasteiger partial charge in [-0.3, -0.25) is 9.59 Å². The molecule has 2 aromatic rings. The molecule has 0 fully saturated rings. The molecule has 0 aliphatic heterocycles. The molecule has 132 valence electrons. The van der Waals surface area contributed by atoms with Gasteiger partial charge < -0.3 is 5.32 Å². The van der Waals surface area contributed by atoms with Crippen molar-refractivity contribution >= 4 is 5.91 Å². The van der Waals surface area contributed by atoms with E-state index in [0.29, 0.717) is 11.3 Å². The van der Waals surface area contributed by atoms with Crippen LogP contribution in [-0.2, 0) is 6.42 Å². The van der Waals surface area contributed by atoms with Crippen LogP contribution in [-0.4, -0.2) is 16.1 Å². The van der Waals surface area contributed by atoms with Gasteiger partial charge >= 0.3 is 0 Å². The average Bonchev–Trinajstić information content (AvgIpc) is 2.68. The fraction of sp³-hybridized carbons (Fsp3) is 0.450. The Kier molecular flexibility index (Phi) is 4.50. The first kappa shape index (κ1) is 17.4. The van der Waals surface area contributed by atoms with Gasteiger partial charge in [-0.25, -0.2) is 5.10 Å². The van der Waals surface area contributed by atoms with Crippen LogP contribution in [0.3, 0.4) is 0 Å². The number of H-pyrrole nitrogens is 1. The van der Waals surface area contributed by atoms with Crippen LogP contribution < -0.4 is 10.9 Å². The number of benzene rings is 1. The van der Waals surface area contributed by atoms with Crippen LogP contribution >= 0.6 is 0 Å². The van der Waals surface area contributed by atoms with Crippen molar-refractivity contribution in [3.05, 3.63) is 62.6 Å². The first-order chi connectivity index (χ1) is 11.8. The summed E-state index contributed by atoms with van der Waals surface area (Å²) in [6, 6.07) is 8.15. The molecule has 1 aliphatic carbocycles. The zero-order chi connectivity index (χ0) is 18.2. The average molecular weight is 339 g/mol. The number of amides is 1. The number of hydrogen-bond donors (Lipinski definition) is 2. The summed E-state index contributed by atoms with van der Waals surface area (Å²) in [6.07, 6.45) is 2.92. The summed E-state index contributed by atoms with van der Waals surface area (Å²) >= 11 is 0. The summed E-state index contributed by atoms with van der Waals surface area (Å²) in [7, 11) is 0. The van der Waals surface area contributed by atoms with E-state index in [2.05, 4.69) is 41.5 Å². The number of rotatable bonds is 2. The predicted octanol–water partition coefficient (Wildman–Crippen LogP) is 3.22. The molecule has 2 N–H and O–H groups in total. The number of hydrogen-bond acceptors (Lipinski definition) is 3. The number of carbonyl (C=O) groups is 1. The highest BCUT2D eigenvalue weighted by Crippen LogP contribution is 2.39. The maximum absolute atomic E-state index is 12.9. The SMILES string of the molecule is Cc1n[nH]c(=O)c(C(=O)N[C@H]2CC(C)(C)CCc3ccccc32)c1C. The Labute approximate surface area is 147 Å². The summed E-state index contributed by atoms with van der Waals surface area (Å²) in [5.74, 6) is -0.332. The van der Waals surface area contributed by atoms with Crippen molar-refractivity contribution in [3.8, 4) is 0 Å². The minimum atomic E-state index is -0.443. The molecule has 1 atom stereocenters. The molecule has 1 aliphatic rings. The molecular formula is C20H25N3O2. The second-order valence-corrected chi connectivity index (χ2v) is 7.73. The number of aryl methyl sites for hydroxylation is 2. The molecule has 1 heterocycles. The van der Waals surface area contributed by atoms with Gasteiger partial charge in [0.15, 0.2) is 0 Å². The first-order valence-corrected chi connectivity index (χ1v) is 8.73. The van der Waals surface area contributed by atoms with Crippen LogP contribution in [0, 0.1) is 19.3 Å². The Balaban J connectivity index is 1.97. The Morgan fingerprint density at radius 2 is 2.00 bits per heavy atom. The van der Waals surface area contributed by atoms with Gasteiger partial charge in [0.1, 0.15) is 5.56 Å². The molecule has 0 spiro atoms. The van der Waals surface area contributed by atoms with E-state index in [1.54, 1.807) is 13.8 Å². The van der Waals surface area contributed by atoms with E-state index in [4.69, 9.17) is 0 Å². The predicted molar refractivity (Wildman–Crippen MR) is 97.7 cm³/mol. The second kappa shape index (κ2) is 6.47. The summed E-state index contributed by atoms with van der Waals surface area (Å²) in [5, 5.41) is 9.44. The van der Waals surface area contributed by atoms with E-state index in [-0.39, 0.29) is 22.9 Å². The van der Waals surface area contributed by atoms with E-state index in [1.165, 1.54) is 5.56 Å². The topological polar surface area (TPSA) is 74.8 Å². The van der Waals surface area contributed by atoms with E-state index >= 15 is 0 Å². The Hall–Kier alpha value is -2.43. The normalized spacial score (nSPS) is 19.0. The van der Waals surface area contributed by atoms with Gasteiger partial charge in [-0.05, 0) is 55.2 Å². The molecule has 0 radical (unpaired) electrons. The van der Waals surface area contributed by atoms with Crippen molar-refractivity contribution in [2.75, 3.05) is 0 Å². The third-order valence-corrected chi connectivity index (χ3v) is 5.26. The van der Waals surface area contributed by atoms with E-state index < -0.39 is 5.56 Å². The Bertz CT molecular complexity index is 867. The number of carbonyl (C=O) groups excluding carboxylic acids is 1. The Morgan fingerprint density at radius 1 is 1.28 bits per heavy atom. The molecule has 0 bridgehead atoms. The van der Waals surface area contributed by atoms with Crippen molar-refractivity contribution in [1.82, 2.24) is 15.5 Å². The van der Waals surface area contributed by atoms with Crippen LogP contribution in [0.5, 0.6) is 0 Å². The largest absolute Gasteiger partial charge is 0.345 e. The summed E-state index contributed by atoms with van der Waals surface area (Å²) in [5.41, 5.74) is 3.55. The number of nitrogens with zero attached hydrogens (tertiary/aromatic N) is 1. The molecule has 1 aromatic carbocycles. The summed E-state index contributed by atoms with van der Waals surface area (Å²) in [4.78, 5) is 25.0. The molecule has 25 heavy (non-hydrogen) atoms. The lowest BCUT2D eigenvalue weighted by molar-refractivity contribution is 0.0922. The lowest BCUT2D eigenvalue weighted by Gasteiger charge is -2.27. The van der Waals surface area contributed by atoms with Gasteiger partial charge in [0.05, 0.1) is 11.7 Å². The first-order valence-electron chi connectivity index (χ1n) is 8.73. The standard InChI is InChI=1S/C20H25N3O2/c1-12-13(2)22-23-19(25)17(12)18(24)21-16-11-20(3,4)10-9-14-7-5-6-8-15(14)16/h5-8,16H,9-11H2,1-4H3,(H,21,24)(H,23,25)/t16-/m0/s1. The second-order valence-electron chi connectivity index (χ2n) is 7.73. The van der Waals surface area contributed by atoms with E-state index in [1.807, 2.05) is 12.1 Å². The van der Waals surface area contributed by atoms with Gasteiger partial charge in [0.2, 0.25) is 0 Å². The zero-order valence-corrected chi connectivity index (χ0v) is 15.3. The highest BCUT2D eigenvalue weighted by atomic mass is 16.2. The van der Waals surface area contributed by atoms with Crippen LogP contribution in [0.25, 0.3) is 0 Å². The van der Waals surface area contributed by atoms with Crippen LogP contribution in [0.2, 0.25) is 0 Å². The molecule has 3 rings (SSSR count). The van der Waals surface area contributed by atoms with E-state index in [0.717, 1.165) is 24.8 Å². The van der Waals surface area contributed by atoms with Gasteiger partial charge in [0, 0.05) is 0 Å². The maximum atomic E-state index is 12.9. The fourth-order valence-corrected chi connectivity index (χ4v) is 3.60. The van der Waals surface area contributed by atoms with Gasteiger partial charge in [-0.15, -0.1) is 0 Å². The third-order valence-electron chi connectivity index (χ3n) is 5.26. The van der Waals surface area contributed by atoms with Crippen molar-refractivity contribution in [2.45, 2.75) is 53.0 Å². The van der Waals surface area contributed by atoms with Crippen molar-refractivity contribution in [2.24, 2.45) is 5.41 Å². The Morgan fingerprint density at radius 3 is 2.76 bits per heavy atom. The quantitative estimate of drug-likeness (QED) is 0.825. The number of aromatic amines is 1. The zero-order valence-electron chi connectivity index (χ0n) is 15.3. The minimum Gasteiger partial charge on any atom is -0.345 e. The third kappa shape index (κ3) is 3.50. The monoisotopic (exact) mass is 339 g/mol. The van der Waals surface area contributed by atoms with Crippen LogP contribution in [0.4, 0.5) is 0 Å². The molecule has 1 aromatic heterocycles. The summed E-state index contributed by atoms with van der Waals surface area (Å²) < 4.78 is 0. The molecule has 0 saturated heterocycles. The van der Waals surface area contributed by atoms with E-state index in [9.17, 15) is 9.59 Å². The molecule has 0 unspecified atom stereocenters. The molecular weight excluding hydrogens is 314 g/mol. The fourth-order valence-electron chi connectivity index (χ4n) is 3.60. The number of aromatic nitrogens is 2. The van der Waals surface area contributed by atoms with Crippen molar-refractivity contribution in [1.29, 1.82) is 0 Å². The lowest BCUT2D eigenvalue weighted by Crippen LogP contribution is -2.36. The van der Waals surface area contributed by atoms with Gasteiger partial charge in [0.25, 0.3) is 11.5 Å².